The summed E-state index contributed by atoms with van der Waals surface area (Å²) in [6, 6.07) is 3.70. The minimum atomic E-state index is -1.36. The smallest absolute Gasteiger partial charge is 0.342 e. The van der Waals surface area contributed by atoms with Gasteiger partial charge in [0, 0.05) is 12.1 Å². The second-order valence-corrected chi connectivity index (χ2v) is 5.59. The zero-order chi connectivity index (χ0) is 15.6. The number of carboxylic acid groups (broad SMARTS) is 1. The molecule has 7 nitrogen and oxygen atoms in total. The number of benzene rings is 1. The molecule has 1 aromatic carbocycles. The second-order valence-electron chi connectivity index (χ2n) is 5.59. The van der Waals surface area contributed by atoms with Crippen LogP contribution >= 0.6 is 0 Å². The quantitative estimate of drug-likeness (QED) is 0.662. The van der Waals surface area contributed by atoms with Crippen molar-refractivity contribution in [1.29, 1.82) is 0 Å². The van der Waals surface area contributed by atoms with E-state index in [0.29, 0.717) is 6.61 Å². The Morgan fingerprint density at radius 3 is 2.81 bits per heavy atom. The highest BCUT2D eigenvalue weighted by molar-refractivity contribution is 5.92. The lowest BCUT2D eigenvalue weighted by Crippen LogP contribution is -2.23. The minimum Gasteiger partial charge on any atom is -0.491 e. The number of hydrogen-bond donors (Lipinski definition) is 1. The molecule has 1 aliphatic rings. The first-order valence-electron chi connectivity index (χ1n) is 6.61. The Morgan fingerprint density at radius 2 is 2.29 bits per heavy atom. The highest BCUT2D eigenvalue weighted by Gasteiger charge is 2.32. The van der Waals surface area contributed by atoms with E-state index in [1.807, 2.05) is 13.8 Å². The molecule has 2 rings (SSSR count). The maximum absolute atomic E-state index is 11.0. The van der Waals surface area contributed by atoms with Gasteiger partial charge in [-0.25, -0.2) is 4.79 Å². The molecular formula is C14H17NO6. The predicted octanol–water partition coefficient (Wildman–Crippen LogP) is 2.63. The number of nitro benzene ring substituents is 1. The summed E-state index contributed by atoms with van der Waals surface area (Å²) >= 11 is 0. The number of rotatable bonds is 5. The predicted molar refractivity (Wildman–Crippen MR) is 73.7 cm³/mol. The number of aromatic carboxylic acids is 1. The van der Waals surface area contributed by atoms with Gasteiger partial charge in [-0.05, 0) is 32.8 Å². The highest BCUT2D eigenvalue weighted by Crippen LogP contribution is 2.30. The molecule has 1 unspecified atom stereocenters. The van der Waals surface area contributed by atoms with E-state index in [-0.39, 0.29) is 23.0 Å². The Balaban J connectivity index is 2.06. The first-order chi connectivity index (χ1) is 9.78. The van der Waals surface area contributed by atoms with E-state index in [1.165, 1.54) is 12.1 Å². The number of carboxylic acids is 1. The van der Waals surface area contributed by atoms with Gasteiger partial charge in [-0.2, -0.15) is 0 Å². The van der Waals surface area contributed by atoms with E-state index < -0.39 is 16.6 Å². The summed E-state index contributed by atoms with van der Waals surface area (Å²) in [5.41, 5.74) is -1.01. The maximum Gasteiger partial charge on any atom is 0.342 e. The third kappa shape index (κ3) is 3.69. The Bertz CT molecular complexity index is 569. The van der Waals surface area contributed by atoms with Crippen molar-refractivity contribution >= 4 is 11.7 Å². The molecule has 0 aliphatic carbocycles. The van der Waals surface area contributed by atoms with E-state index in [0.717, 1.165) is 18.9 Å². The topological polar surface area (TPSA) is 98.9 Å². The van der Waals surface area contributed by atoms with E-state index in [9.17, 15) is 14.9 Å². The summed E-state index contributed by atoms with van der Waals surface area (Å²) in [5.74, 6) is -1.07. The Kier molecular flexibility index (Phi) is 4.13. The van der Waals surface area contributed by atoms with Crippen molar-refractivity contribution in [1.82, 2.24) is 0 Å². The fourth-order valence-electron chi connectivity index (χ4n) is 2.32. The summed E-state index contributed by atoms with van der Waals surface area (Å²) in [6.45, 7) is 4.29. The summed E-state index contributed by atoms with van der Waals surface area (Å²) in [4.78, 5) is 21.1. The van der Waals surface area contributed by atoms with Gasteiger partial charge in [0.1, 0.15) is 17.9 Å². The molecule has 0 radical (unpaired) electrons. The van der Waals surface area contributed by atoms with Crippen LogP contribution in [-0.4, -0.2) is 34.3 Å². The molecule has 1 aliphatic heterocycles. The van der Waals surface area contributed by atoms with Crippen LogP contribution in [0.15, 0.2) is 18.2 Å². The van der Waals surface area contributed by atoms with Gasteiger partial charge < -0.3 is 14.6 Å². The molecule has 1 saturated heterocycles. The number of nitrogens with zero attached hydrogens (tertiary/aromatic N) is 1. The second kappa shape index (κ2) is 5.69. The van der Waals surface area contributed by atoms with Crippen LogP contribution in [-0.2, 0) is 4.74 Å². The molecule has 21 heavy (non-hydrogen) atoms. The monoisotopic (exact) mass is 295 g/mol. The number of carbonyl (C=O) groups is 1. The molecule has 1 heterocycles. The molecule has 0 amide bonds. The molecular weight excluding hydrogens is 278 g/mol. The van der Waals surface area contributed by atoms with E-state index in [1.54, 1.807) is 0 Å². The van der Waals surface area contributed by atoms with Gasteiger partial charge >= 0.3 is 5.97 Å². The van der Waals surface area contributed by atoms with E-state index >= 15 is 0 Å². The summed E-state index contributed by atoms with van der Waals surface area (Å²) in [6.07, 6.45) is 1.75. The average molecular weight is 295 g/mol. The maximum atomic E-state index is 11.0. The van der Waals surface area contributed by atoms with Gasteiger partial charge in [-0.15, -0.1) is 0 Å². The van der Waals surface area contributed by atoms with Crippen molar-refractivity contribution < 1.29 is 24.3 Å². The van der Waals surface area contributed by atoms with Crippen molar-refractivity contribution in [2.45, 2.75) is 38.4 Å². The molecule has 1 fully saturated rings. The minimum absolute atomic E-state index is 0.0523. The van der Waals surface area contributed by atoms with Crippen LogP contribution in [0.4, 0.5) is 5.69 Å². The normalized spacial score (nSPS) is 20.2. The van der Waals surface area contributed by atoms with E-state index in [4.69, 9.17) is 14.6 Å². The number of hydrogen-bond acceptors (Lipinski definition) is 5. The van der Waals surface area contributed by atoms with Crippen LogP contribution in [0.1, 0.15) is 37.0 Å². The summed E-state index contributed by atoms with van der Waals surface area (Å²) < 4.78 is 11.3. The van der Waals surface area contributed by atoms with Gasteiger partial charge in [0.05, 0.1) is 16.6 Å². The van der Waals surface area contributed by atoms with Crippen molar-refractivity contribution in [3.8, 4) is 5.75 Å². The largest absolute Gasteiger partial charge is 0.491 e. The molecule has 7 heteroatoms. The van der Waals surface area contributed by atoms with E-state index in [2.05, 4.69) is 0 Å². The van der Waals surface area contributed by atoms with Crippen molar-refractivity contribution in [2.75, 3.05) is 6.61 Å². The fraction of sp³-hybridized carbons (Fsp3) is 0.500. The van der Waals surface area contributed by atoms with Crippen LogP contribution < -0.4 is 4.74 Å². The number of nitro groups is 1. The molecule has 114 valence electrons. The van der Waals surface area contributed by atoms with Crippen LogP contribution in [0.25, 0.3) is 0 Å². The highest BCUT2D eigenvalue weighted by atomic mass is 16.6. The van der Waals surface area contributed by atoms with Crippen LogP contribution in [0.5, 0.6) is 5.75 Å². The first-order valence-corrected chi connectivity index (χ1v) is 6.61. The zero-order valence-electron chi connectivity index (χ0n) is 11.9. The molecule has 0 aromatic heterocycles. The molecule has 0 saturated carbocycles. The molecule has 1 aromatic rings. The van der Waals surface area contributed by atoms with Gasteiger partial charge in [-0.1, -0.05) is 0 Å². The van der Waals surface area contributed by atoms with Gasteiger partial charge in [0.25, 0.3) is 5.69 Å². The Labute approximate surface area is 121 Å². The zero-order valence-corrected chi connectivity index (χ0v) is 11.9. The third-order valence-electron chi connectivity index (χ3n) is 3.39. The van der Waals surface area contributed by atoms with Crippen molar-refractivity contribution in [2.24, 2.45) is 0 Å². The average Bonchev–Trinajstić information content (AvgIpc) is 2.75. The summed E-state index contributed by atoms with van der Waals surface area (Å²) in [7, 11) is 0. The van der Waals surface area contributed by atoms with Crippen LogP contribution in [0, 0.1) is 10.1 Å². The molecule has 1 atom stereocenters. The SMILES string of the molecule is CC1(C)CCC(COc2ccc([N+](=O)[O-])c(C(=O)O)c2)O1. The van der Waals surface area contributed by atoms with Crippen LogP contribution in [0.3, 0.4) is 0 Å². The lowest BCUT2D eigenvalue weighted by atomic mass is 10.1. The van der Waals surface area contributed by atoms with Crippen molar-refractivity contribution in [3.63, 3.8) is 0 Å². The Morgan fingerprint density at radius 1 is 1.57 bits per heavy atom. The van der Waals surface area contributed by atoms with Gasteiger partial charge in [-0.3, -0.25) is 10.1 Å². The lowest BCUT2D eigenvalue weighted by molar-refractivity contribution is -0.385. The number of ether oxygens (including phenoxy) is 2. The third-order valence-corrected chi connectivity index (χ3v) is 3.39. The van der Waals surface area contributed by atoms with Gasteiger partial charge in [0.2, 0.25) is 0 Å². The molecule has 0 spiro atoms. The standard InChI is InChI=1S/C14H17NO6/c1-14(2)6-5-10(21-14)8-20-9-3-4-12(15(18)19)11(7-9)13(16)17/h3-4,7,10H,5-6,8H2,1-2H3,(H,16,17). The lowest BCUT2D eigenvalue weighted by Gasteiger charge is -2.19. The van der Waals surface area contributed by atoms with Crippen LogP contribution in [0.2, 0.25) is 0 Å². The van der Waals surface area contributed by atoms with Crippen molar-refractivity contribution in [3.05, 3.63) is 33.9 Å². The fourth-order valence-corrected chi connectivity index (χ4v) is 2.32. The summed E-state index contributed by atoms with van der Waals surface area (Å²) in [5, 5.41) is 19.8. The first kappa shape index (κ1) is 15.2. The Hall–Kier alpha value is -2.15. The molecule has 1 N–H and O–H groups in total. The molecule has 0 bridgehead atoms. The van der Waals surface area contributed by atoms with Gasteiger partial charge in [0.15, 0.2) is 0 Å².